The van der Waals surface area contributed by atoms with Crippen molar-refractivity contribution in [2.24, 2.45) is 0 Å². The van der Waals surface area contributed by atoms with Crippen molar-refractivity contribution in [1.29, 1.82) is 0 Å². The minimum atomic E-state index is -3.92. The first-order chi connectivity index (χ1) is 15.1. The van der Waals surface area contributed by atoms with Gasteiger partial charge >= 0.3 is 0 Å². The average Bonchev–Trinajstić information content (AvgIpc) is 3.07. The molecule has 168 valence electrons. The van der Waals surface area contributed by atoms with E-state index in [1.807, 2.05) is 26.0 Å². The summed E-state index contributed by atoms with van der Waals surface area (Å²) < 4.78 is 39.5. The van der Waals surface area contributed by atoms with E-state index in [0.29, 0.717) is 28.4 Å². The van der Waals surface area contributed by atoms with Gasteiger partial charge in [0, 0.05) is 6.92 Å². The molecule has 0 radical (unpaired) electrons. The predicted octanol–water partition coefficient (Wildman–Crippen LogP) is 4.54. The van der Waals surface area contributed by atoms with Gasteiger partial charge in [-0.15, -0.1) is 0 Å². The molecule has 1 heterocycles. The maximum Gasteiger partial charge on any atom is 0.265 e. The van der Waals surface area contributed by atoms with Gasteiger partial charge in [0.2, 0.25) is 5.91 Å². The van der Waals surface area contributed by atoms with Crippen molar-refractivity contribution in [3.8, 4) is 5.75 Å². The summed E-state index contributed by atoms with van der Waals surface area (Å²) in [6.07, 6.45) is 3.28. The van der Waals surface area contributed by atoms with E-state index in [1.165, 1.54) is 20.1 Å². The maximum atomic E-state index is 13.2. The van der Waals surface area contributed by atoms with Crippen LogP contribution in [0.3, 0.4) is 0 Å². The zero-order valence-electron chi connectivity index (χ0n) is 18.5. The van der Waals surface area contributed by atoms with Crippen molar-refractivity contribution < 1.29 is 22.5 Å². The Morgan fingerprint density at radius 2 is 1.84 bits per heavy atom. The molecule has 2 aromatic carbocycles. The number of aromatic nitrogens is 1. The smallest absolute Gasteiger partial charge is 0.265 e. The molecule has 8 nitrogen and oxygen atoms in total. The van der Waals surface area contributed by atoms with Crippen molar-refractivity contribution >= 4 is 39.5 Å². The molecule has 0 saturated carbocycles. The van der Waals surface area contributed by atoms with E-state index in [4.69, 9.17) is 9.26 Å². The third-order valence-corrected chi connectivity index (χ3v) is 6.12. The van der Waals surface area contributed by atoms with Crippen LogP contribution in [0.1, 0.15) is 35.1 Å². The fourth-order valence-corrected chi connectivity index (χ4v) is 4.38. The Balaban J connectivity index is 1.96. The molecule has 0 atom stereocenters. The number of methoxy groups -OCH3 is 1. The number of carbonyl (C=O) groups excluding carboxylic acids is 1. The molecule has 0 aliphatic rings. The molecule has 0 saturated heterocycles. The standard InChI is InChI=1S/C23H25N3O5S/c1-14-6-7-15(2)19(12-14)26-32(28,29)22-13-18(8-10-20(22)30-5)9-11-21-23(24-17(4)27)16(3)25-31-21/h6-13,26H,1-5H3,(H,24,27)/b11-9-. The van der Waals surface area contributed by atoms with E-state index < -0.39 is 10.0 Å². The summed E-state index contributed by atoms with van der Waals surface area (Å²) in [7, 11) is -2.51. The molecule has 0 aliphatic carbocycles. The van der Waals surface area contributed by atoms with Crippen LogP contribution in [0.15, 0.2) is 45.8 Å². The Kier molecular flexibility index (Phi) is 6.69. The van der Waals surface area contributed by atoms with E-state index in [2.05, 4.69) is 15.2 Å². The second-order valence-corrected chi connectivity index (χ2v) is 9.01. The van der Waals surface area contributed by atoms with Gasteiger partial charge in [0.05, 0.1) is 12.8 Å². The van der Waals surface area contributed by atoms with Crippen LogP contribution in [0.2, 0.25) is 0 Å². The molecule has 3 rings (SSSR count). The first kappa shape index (κ1) is 23.1. The number of hydrogen-bond donors (Lipinski definition) is 2. The molecule has 2 N–H and O–H groups in total. The molecular weight excluding hydrogens is 430 g/mol. The average molecular weight is 456 g/mol. The fourth-order valence-electron chi connectivity index (χ4n) is 3.05. The number of hydrogen-bond acceptors (Lipinski definition) is 6. The van der Waals surface area contributed by atoms with Crippen molar-refractivity contribution in [2.45, 2.75) is 32.6 Å². The van der Waals surface area contributed by atoms with Crippen molar-refractivity contribution in [1.82, 2.24) is 5.16 Å². The van der Waals surface area contributed by atoms with Crippen LogP contribution in [0.4, 0.5) is 11.4 Å². The van der Waals surface area contributed by atoms with Crippen LogP contribution in [0.25, 0.3) is 12.2 Å². The minimum Gasteiger partial charge on any atom is -0.495 e. The van der Waals surface area contributed by atoms with Gasteiger partial charge in [-0.25, -0.2) is 8.42 Å². The van der Waals surface area contributed by atoms with Crippen molar-refractivity contribution in [2.75, 3.05) is 17.1 Å². The first-order valence-electron chi connectivity index (χ1n) is 9.81. The van der Waals surface area contributed by atoms with E-state index in [9.17, 15) is 13.2 Å². The predicted molar refractivity (Wildman–Crippen MR) is 124 cm³/mol. The highest BCUT2D eigenvalue weighted by molar-refractivity contribution is 7.92. The van der Waals surface area contributed by atoms with Crippen LogP contribution >= 0.6 is 0 Å². The second kappa shape index (κ2) is 9.27. The van der Waals surface area contributed by atoms with Gasteiger partial charge < -0.3 is 14.6 Å². The lowest BCUT2D eigenvalue weighted by atomic mass is 10.1. The number of amides is 1. The molecular formula is C23H25N3O5S. The summed E-state index contributed by atoms with van der Waals surface area (Å²) in [6, 6.07) is 10.4. The first-order valence-corrected chi connectivity index (χ1v) is 11.3. The Bertz CT molecular complexity index is 1290. The van der Waals surface area contributed by atoms with Crippen LogP contribution in [-0.2, 0) is 14.8 Å². The fraction of sp³-hybridized carbons (Fsp3) is 0.217. The number of nitrogens with zero attached hydrogens (tertiary/aromatic N) is 1. The van der Waals surface area contributed by atoms with Gasteiger partial charge in [-0.2, -0.15) is 0 Å². The van der Waals surface area contributed by atoms with E-state index in [1.54, 1.807) is 37.3 Å². The monoisotopic (exact) mass is 455 g/mol. The zero-order chi connectivity index (χ0) is 23.5. The van der Waals surface area contributed by atoms with E-state index in [-0.39, 0.29) is 16.6 Å². The van der Waals surface area contributed by atoms with Gasteiger partial charge in [0.25, 0.3) is 10.0 Å². The number of anilines is 2. The third kappa shape index (κ3) is 5.17. The summed E-state index contributed by atoms with van der Waals surface area (Å²) in [5.74, 6) is 0.321. The highest BCUT2D eigenvalue weighted by Crippen LogP contribution is 2.29. The zero-order valence-corrected chi connectivity index (χ0v) is 19.3. The molecule has 0 unspecified atom stereocenters. The SMILES string of the molecule is COc1ccc(/C=C\c2onc(C)c2NC(C)=O)cc1S(=O)(=O)Nc1cc(C)ccc1C. The molecule has 3 aromatic rings. The summed E-state index contributed by atoms with van der Waals surface area (Å²) in [4.78, 5) is 11.4. The number of ether oxygens (including phenoxy) is 1. The van der Waals surface area contributed by atoms with Gasteiger partial charge in [-0.3, -0.25) is 9.52 Å². The van der Waals surface area contributed by atoms with Crippen molar-refractivity contribution in [3.05, 3.63) is 64.5 Å². The minimum absolute atomic E-state index is 0.00103. The number of nitrogens with one attached hydrogen (secondary N) is 2. The topological polar surface area (TPSA) is 111 Å². The Morgan fingerprint density at radius 1 is 1.09 bits per heavy atom. The molecule has 1 amide bonds. The van der Waals surface area contributed by atoms with Crippen LogP contribution in [0.5, 0.6) is 5.75 Å². The van der Waals surface area contributed by atoms with Gasteiger partial charge in [-0.1, -0.05) is 29.4 Å². The normalized spacial score (nSPS) is 11.5. The van der Waals surface area contributed by atoms with Gasteiger partial charge in [-0.05, 0) is 61.7 Å². The number of rotatable bonds is 7. The lowest BCUT2D eigenvalue weighted by molar-refractivity contribution is -0.114. The number of sulfonamides is 1. The number of benzene rings is 2. The quantitative estimate of drug-likeness (QED) is 0.541. The summed E-state index contributed by atoms with van der Waals surface area (Å²) in [5.41, 5.74) is 3.84. The van der Waals surface area contributed by atoms with Crippen LogP contribution in [0, 0.1) is 20.8 Å². The Morgan fingerprint density at radius 3 is 2.53 bits per heavy atom. The highest BCUT2D eigenvalue weighted by atomic mass is 32.2. The third-order valence-electron chi connectivity index (χ3n) is 4.73. The van der Waals surface area contributed by atoms with Crippen molar-refractivity contribution in [3.63, 3.8) is 0 Å². The Labute approximate surface area is 187 Å². The van der Waals surface area contributed by atoms with Crippen LogP contribution in [-0.4, -0.2) is 26.6 Å². The lowest BCUT2D eigenvalue weighted by Crippen LogP contribution is -2.15. The largest absolute Gasteiger partial charge is 0.495 e. The lowest BCUT2D eigenvalue weighted by Gasteiger charge is -2.14. The maximum absolute atomic E-state index is 13.2. The molecule has 0 bridgehead atoms. The van der Waals surface area contributed by atoms with Crippen LogP contribution < -0.4 is 14.8 Å². The van der Waals surface area contributed by atoms with Gasteiger partial charge in [0.1, 0.15) is 22.0 Å². The highest BCUT2D eigenvalue weighted by Gasteiger charge is 2.21. The molecule has 32 heavy (non-hydrogen) atoms. The summed E-state index contributed by atoms with van der Waals surface area (Å²) in [5, 5.41) is 6.54. The molecule has 0 spiro atoms. The molecule has 0 aliphatic heterocycles. The second-order valence-electron chi connectivity index (χ2n) is 7.36. The van der Waals surface area contributed by atoms with E-state index >= 15 is 0 Å². The molecule has 1 aromatic heterocycles. The Hall–Kier alpha value is -3.59. The van der Waals surface area contributed by atoms with E-state index in [0.717, 1.165) is 11.1 Å². The summed E-state index contributed by atoms with van der Waals surface area (Å²) in [6.45, 7) is 6.83. The molecule has 9 heteroatoms. The summed E-state index contributed by atoms with van der Waals surface area (Å²) >= 11 is 0. The molecule has 0 fully saturated rings. The number of carbonyl (C=O) groups is 1. The number of aryl methyl sites for hydroxylation is 3. The van der Waals surface area contributed by atoms with Gasteiger partial charge in [0.15, 0.2) is 5.76 Å².